The van der Waals surface area contributed by atoms with E-state index in [2.05, 4.69) is 5.32 Å². The zero-order chi connectivity index (χ0) is 12.3. The summed E-state index contributed by atoms with van der Waals surface area (Å²) in [5.41, 5.74) is 0.146. The van der Waals surface area contributed by atoms with Gasteiger partial charge in [0.05, 0.1) is 12.7 Å². The van der Waals surface area contributed by atoms with Crippen molar-refractivity contribution in [3.63, 3.8) is 0 Å². The van der Waals surface area contributed by atoms with Gasteiger partial charge in [-0.15, -0.1) is 0 Å². The van der Waals surface area contributed by atoms with E-state index in [1.165, 1.54) is 0 Å². The monoisotopic (exact) mass is 235 g/mol. The van der Waals surface area contributed by atoms with Gasteiger partial charge in [0.2, 0.25) is 0 Å². The largest absolute Gasteiger partial charge is 0.497 e. The minimum atomic E-state index is -0.790. The summed E-state index contributed by atoms with van der Waals surface area (Å²) in [5.74, 6) is 1.06. The Balaban J connectivity index is 2.22. The summed E-state index contributed by atoms with van der Waals surface area (Å²) in [7, 11) is 1.65. The molecule has 0 radical (unpaired) electrons. The van der Waals surface area contributed by atoms with E-state index >= 15 is 0 Å². The van der Waals surface area contributed by atoms with Crippen LogP contribution in [0, 0.1) is 5.92 Å². The highest BCUT2D eigenvalue weighted by Gasteiger charge is 2.34. The predicted octanol–water partition coefficient (Wildman–Crippen LogP) is 1.90. The Hall–Kier alpha value is -1.06. The predicted molar refractivity (Wildman–Crippen MR) is 68.2 cm³/mol. The lowest BCUT2D eigenvalue weighted by Gasteiger charge is -2.36. The molecule has 0 aromatic heterocycles. The molecule has 3 nitrogen and oxygen atoms in total. The molecule has 1 fully saturated rings. The average Bonchev–Trinajstić information content (AvgIpc) is 2.40. The van der Waals surface area contributed by atoms with Gasteiger partial charge in [0.1, 0.15) is 5.75 Å². The van der Waals surface area contributed by atoms with Crippen LogP contribution < -0.4 is 10.1 Å². The minimum Gasteiger partial charge on any atom is -0.497 e. The molecule has 2 N–H and O–H groups in total. The van der Waals surface area contributed by atoms with Crippen LogP contribution >= 0.6 is 0 Å². The normalized spacial score (nSPS) is 24.1. The molecule has 0 spiro atoms. The molecule has 1 aromatic rings. The lowest BCUT2D eigenvalue weighted by Crippen LogP contribution is -2.42. The highest BCUT2D eigenvalue weighted by Crippen LogP contribution is 2.34. The first-order chi connectivity index (χ1) is 8.14. The van der Waals surface area contributed by atoms with Gasteiger partial charge in [-0.2, -0.15) is 0 Å². The standard InChI is InChI=1S/C14H21NO2/c1-14(16,12-6-4-8-15-10-12)11-5-3-7-13(9-11)17-2/h3,5,7,9,12,15-16H,4,6,8,10H2,1-2H3. The molecule has 1 saturated heterocycles. The minimum absolute atomic E-state index is 0.267. The number of nitrogens with one attached hydrogen (secondary N) is 1. The van der Waals surface area contributed by atoms with Gasteiger partial charge in [0.15, 0.2) is 0 Å². The smallest absolute Gasteiger partial charge is 0.119 e. The first-order valence-corrected chi connectivity index (χ1v) is 6.22. The Morgan fingerprint density at radius 2 is 2.29 bits per heavy atom. The second-order valence-electron chi connectivity index (χ2n) is 4.92. The van der Waals surface area contributed by atoms with Crippen LogP contribution in [0.15, 0.2) is 24.3 Å². The van der Waals surface area contributed by atoms with E-state index in [9.17, 15) is 5.11 Å². The molecule has 2 unspecified atom stereocenters. The highest BCUT2D eigenvalue weighted by atomic mass is 16.5. The molecule has 0 amide bonds. The maximum absolute atomic E-state index is 10.7. The van der Waals surface area contributed by atoms with E-state index in [0.717, 1.165) is 37.2 Å². The summed E-state index contributed by atoms with van der Waals surface area (Å²) >= 11 is 0. The Kier molecular flexibility index (Phi) is 3.69. The van der Waals surface area contributed by atoms with Crippen LogP contribution in [0.3, 0.4) is 0 Å². The van der Waals surface area contributed by atoms with Gasteiger partial charge in [-0.3, -0.25) is 0 Å². The van der Waals surface area contributed by atoms with Crippen molar-refractivity contribution in [3.8, 4) is 5.75 Å². The lowest BCUT2D eigenvalue weighted by atomic mass is 9.79. The van der Waals surface area contributed by atoms with Gasteiger partial charge in [-0.25, -0.2) is 0 Å². The summed E-state index contributed by atoms with van der Waals surface area (Å²) in [6.45, 7) is 3.84. The number of piperidine rings is 1. The number of hydrogen-bond acceptors (Lipinski definition) is 3. The van der Waals surface area contributed by atoms with Crippen LogP contribution in [0.4, 0.5) is 0 Å². The third-order valence-electron chi connectivity index (χ3n) is 3.75. The van der Waals surface area contributed by atoms with Crippen molar-refractivity contribution in [3.05, 3.63) is 29.8 Å². The van der Waals surface area contributed by atoms with Crippen molar-refractivity contribution in [2.24, 2.45) is 5.92 Å². The fraction of sp³-hybridized carbons (Fsp3) is 0.571. The van der Waals surface area contributed by atoms with E-state index in [-0.39, 0.29) is 5.92 Å². The van der Waals surface area contributed by atoms with Crippen LogP contribution in [0.1, 0.15) is 25.3 Å². The van der Waals surface area contributed by atoms with Gasteiger partial charge in [0, 0.05) is 12.5 Å². The average molecular weight is 235 g/mol. The SMILES string of the molecule is COc1cccc(C(C)(O)C2CCCNC2)c1. The van der Waals surface area contributed by atoms with E-state index in [4.69, 9.17) is 4.74 Å². The number of benzene rings is 1. The van der Waals surface area contributed by atoms with Crippen molar-refractivity contribution < 1.29 is 9.84 Å². The molecular weight excluding hydrogens is 214 g/mol. The molecule has 1 aliphatic rings. The summed E-state index contributed by atoms with van der Waals surface area (Å²) < 4.78 is 5.21. The maximum Gasteiger partial charge on any atom is 0.119 e. The maximum atomic E-state index is 10.7. The van der Waals surface area contributed by atoms with E-state index in [1.807, 2.05) is 31.2 Å². The van der Waals surface area contributed by atoms with E-state index in [0.29, 0.717) is 0 Å². The zero-order valence-corrected chi connectivity index (χ0v) is 10.6. The number of rotatable bonds is 3. The Morgan fingerprint density at radius 1 is 1.47 bits per heavy atom. The summed E-state index contributed by atoms with van der Waals surface area (Å²) in [5, 5.41) is 14.1. The fourth-order valence-corrected chi connectivity index (χ4v) is 2.51. The second kappa shape index (κ2) is 5.07. The van der Waals surface area contributed by atoms with Gasteiger partial charge >= 0.3 is 0 Å². The van der Waals surface area contributed by atoms with E-state index in [1.54, 1.807) is 7.11 Å². The quantitative estimate of drug-likeness (QED) is 0.841. The third-order valence-corrected chi connectivity index (χ3v) is 3.75. The molecule has 1 aromatic carbocycles. The van der Waals surface area contributed by atoms with Crippen molar-refractivity contribution in [1.29, 1.82) is 0 Å². The van der Waals surface area contributed by atoms with Crippen LogP contribution in [0.5, 0.6) is 5.75 Å². The van der Waals surface area contributed by atoms with Gasteiger partial charge < -0.3 is 15.2 Å². The number of methoxy groups -OCH3 is 1. The summed E-state index contributed by atoms with van der Waals surface area (Å²) in [6, 6.07) is 7.73. The number of aliphatic hydroxyl groups is 1. The van der Waals surface area contributed by atoms with Gasteiger partial charge in [0.25, 0.3) is 0 Å². The molecule has 1 heterocycles. The van der Waals surface area contributed by atoms with Crippen molar-refractivity contribution in [2.45, 2.75) is 25.4 Å². The molecule has 0 bridgehead atoms. The van der Waals surface area contributed by atoms with Gasteiger partial charge in [-0.05, 0) is 44.0 Å². The fourth-order valence-electron chi connectivity index (χ4n) is 2.51. The Labute approximate surface area is 103 Å². The van der Waals surface area contributed by atoms with Crippen molar-refractivity contribution >= 4 is 0 Å². The van der Waals surface area contributed by atoms with Crippen LogP contribution in [0.25, 0.3) is 0 Å². The molecule has 2 rings (SSSR count). The Morgan fingerprint density at radius 3 is 2.94 bits per heavy atom. The van der Waals surface area contributed by atoms with Crippen LogP contribution in [-0.2, 0) is 5.60 Å². The zero-order valence-electron chi connectivity index (χ0n) is 10.6. The van der Waals surface area contributed by atoms with Crippen molar-refractivity contribution in [2.75, 3.05) is 20.2 Å². The number of hydrogen-bond donors (Lipinski definition) is 2. The third kappa shape index (κ3) is 2.61. The highest BCUT2D eigenvalue weighted by molar-refractivity contribution is 5.32. The molecule has 94 valence electrons. The summed E-state index contributed by atoms with van der Waals surface area (Å²) in [6.07, 6.45) is 2.20. The first kappa shape index (κ1) is 12.4. The second-order valence-corrected chi connectivity index (χ2v) is 4.92. The molecule has 17 heavy (non-hydrogen) atoms. The number of ether oxygens (including phenoxy) is 1. The molecule has 3 heteroatoms. The Bertz CT molecular complexity index is 370. The van der Waals surface area contributed by atoms with E-state index < -0.39 is 5.60 Å². The van der Waals surface area contributed by atoms with Gasteiger partial charge in [-0.1, -0.05) is 12.1 Å². The molecular formula is C14H21NO2. The molecule has 0 aliphatic carbocycles. The van der Waals surface area contributed by atoms with Crippen LogP contribution in [0.2, 0.25) is 0 Å². The lowest BCUT2D eigenvalue weighted by molar-refractivity contribution is -0.0158. The molecule has 2 atom stereocenters. The molecule has 1 aliphatic heterocycles. The van der Waals surface area contributed by atoms with Crippen molar-refractivity contribution in [1.82, 2.24) is 5.32 Å². The topological polar surface area (TPSA) is 41.5 Å². The molecule has 0 saturated carbocycles. The summed E-state index contributed by atoms with van der Waals surface area (Å²) in [4.78, 5) is 0. The van der Waals surface area contributed by atoms with Crippen LogP contribution in [-0.4, -0.2) is 25.3 Å². The first-order valence-electron chi connectivity index (χ1n) is 6.22.